The zero-order valence-corrected chi connectivity index (χ0v) is 10.3. The zero-order chi connectivity index (χ0) is 13.5. The van der Waals surface area contributed by atoms with E-state index in [9.17, 15) is 9.59 Å². The minimum absolute atomic E-state index is 0.0164. The lowest BCUT2D eigenvalue weighted by Gasteiger charge is -2.19. The van der Waals surface area contributed by atoms with Crippen molar-refractivity contribution in [3.8, 4) is 0 Å². The van der Waals surface area contributed by atoms with Crippen LogP contribution in [-0.4, -0.2) is 30.3 Å². The number of carbonyl (C=O) groups excluding carboxylic acids is 1. The Bertz CT molecular complexity index is 444. The summed E-state index contributed by atoms with van der Waals surface area (Å²) in [5, 5.41) is 9.27. The maximum absolute atomic E-state index is 11.7. The fourth-order valence-corrected chi connectivity index (χ4v) is 1.35. The van der Waals surface area contributed by atoms with E-state index in [2.05, 4.69) is 6.58 Å². The van der Waals surface area contributed by atoms with E-state index in [1.54, 1.807) is 24.3 Å². The first-order chi connectivity index (χ1) is 8.54. The average molecular weight is 270 g/mol. The normalized spacial score (nSPS) is 9.61. The summed E-state index contributed by atoms with van der Waals surface area (Å²) in [7, 11) is 0. The third-order valence-electron chi connectivity index (χ3n) is 1.98. The van der Waals surface area contributed by atoms with Gasteiger partial charge in [0.1, 0.15) is 13.2 Å². The number of anilines is 1. The van der Waals surface area contributed by atoms with Crippen LogP contribution in [0.15, 0.2) is 36.9 Å². The van der Waals surface area contributed by atoms with E-state index >= 15 is 0 Å². The summed E-state index contributed by atoms with van der Waals surface area (Å²) >= 11 is 5.72. The molecule has 1 aromatic rings. The summed E-state index contributed by atoms with van der Waals surface area (Å²) in [5.74, 6) is -1.14. The molecule has 0 fully saturated rings. The van der Waals surface area contributed by atoms with Crippen LogP contribution in [-0.2, 0) is 9.53 Å². The molecule has 0 spiro atoms. The minimum Gasteiger partial charge on any atom is -0.480 e. The number of halogens is 1. The smallest absolute Gasteiger partial charge is 0.415 e. The first-order valence-corrected chi connectivity index (χ1v) is 5.45. The number of hydrogen-bond acceptors (Lipinski definition) is 3. The molecule has 0 saturated heterocycles. The van der Waals surface area contributed by atoms with Crippen molar-refractivity contribution < 1.29 is 19.4 Å². The highest BCUT2D eigenvalue weighted by molar-refractivity contribution is 6.30. The van der Waals surface area contributed by atoms with Gasteiger partial charge in [0.05, 0.1) is 0 Å². The monoisotopic (exact) mass is 269 g/mol. The van der Waals surface area contributed by atoms with Crippen LogP contribution in [0.3, 0.4) is 0 Å². The van der Waals surface area contributed by atoms with Crippen LogP contribution < -0.4 is 4.90 Å². The Balaban J connectivity index is 2.89. The number of amides is 1. The van der Waals surface area contributed by atoms with E-state index in [-0.39, 0.29) is 6.61 Å². The van der Waals surface area contributed by atoms with Gasteiger partial charge in [0.2, 0.25) is 0 Å². The molecule has 0 aliphatic heterocycles. The van der Waals surface area contributed by atoms with Crippen LogP contribution >= 0.6 is 11.6 Å². The minimum atomic E-state index is -1.14. The molecule has 0 aromatic heterocycles. The molecule has 5 nitrogen and oxygen atoms in total. The number of carboxylic acids is 1. The van der Waals surface area contributed by atoms with Crippen LogP contribution in [0.1, 0.15) is 0 Å². The van der Waals surface area contributed by atoms with Gasteiger partial charge < -0.3 is 9.84 Å². The van der Waals surface area contributed by atoms with Gasteiger partial charge in [0, 0.05) is 10.7 Å². The van der Waals surface area contributed by atoms with Gasteiger partial charge in [-0.2, -0.15) is 0 Å². The molecule has 1 N–H and O–H groups in total. The first kappa shape index (κ1) is 14.1. The average Bonchev–Trinajstić information content (AvgIpc) is 2.34. The summed E-state index contributed by atoms with van der Waals surface area (Å²) in [6, 6.07) is 6.21. The van der Waals surface area contributed by atoms with Gasteiger partial charge >= 0.3 is 12.1 Å². The molecule has 1 rings (SSSR count). The highest BCUT2D eigenvalue weighted by Crippen LogP contribution is 2.18. The van der Waals surface area contributed by atoms with Crippen molar-refractivity contribution in [1.29, 1.82) is 0 Å². The molecule has 0 atom stereocenters. The molecule has 0 aliphatic carbocycles. The van der Waals surface area contributed by atoms with Crippen molar-refractivity contribution in [1.82, 2.24) is 0 Å². The van der Waals surface area contributed by atoms with Crippen LogP contribution in [0.2, 0.25) is 5.02 Å². The second-order valence-corrected chi connectivity index (χ2v) is 3.76. The molecule has 0 aliphatic rings. The van der Waals surface area contributed by atoms with Crippen molar-refractivity contribution >= 4 is 29.4 Å². The topological polar surface area (TPSA) is 66.8 Å². The Labute approximate surface area is 109 Å². The van der Waals surface area contributed by atoms with Crippen molar-refractivity contribution in [3.63, 3.8) is 0 Å². The van der Waals surface area contributed by atoms with Crippen LogP contribution in [0.5, 0.6) is 0 Å². The highest BCUT2D eigenvalue weighted by Gasteiger charge is 2.19. The number of benzene rings is 1. The lowest BCUT2D eigenvalue weighted by atomic mass is 10.3. The van der Waals surface area contributed by atoms with Crippen LogP contribution in [0.4, 0.5) is 10.5 Å². The molecule has 0 heterocycles. The largest absolute Gasteiger partial charge is 0.480 e. The molecule has 0 unspecified atom stereocenters. The number of carbonyl (C=O) groups is 2. The van der Waals surface area contributed by atoms with E-state index in [0.717, 1.165) is 4.90 Å². The van der Waals surface area contributed by atoms with E-state index in [1.165, 1.54) is 6.08 Å². The number of nitrogens with zero attached hydrogens (tertiary/aromatic N) is 1. The maximum atomic E-state index is 11.7. The van der Waals surface area contributed by atoms with Gasteiger partial charge in [-0.25, -0.2) is 4.79 Å². The third-order valence-corrected chi connectivity index (χ3v) is 2.23. The van der Waals surface area contributed by atoms with Gasteiger partial charge in [-0.05, 0) is 24.3 Å². The molecule has 96 valence electrons. The molecule has 1 amide bonds. The number of hydrogen-bond donors (Lipinski definition) is 1. The first-order valence-electron chi connectivity index (χ1n) is 5.07. The maximum Gasteiger partial charge on any atom is 0.415 e. The van der Waals surface area contributed by atoms with Crippen molar-refractivity contribution in [3.05, 3.63) is 41.9 Å². The van der Waals surface area contributed by atoms with Gasteiger partial charge in [-0.15, -0.1) is 0 Å². The van der Waals surface area contributed by atoms with Crippen molar-refractivity contribution in [2.45, 2.75) is 0 Å². The Kier molecular flexibility index (Phi) is 5.20. The summed E-state index contributed by atoms with van der Waals surface area (Å²) in [6.07, 6.45) is 0.651. The van der Waals surface area contributed by atoms with Gasteiger partial charge in [-0.1, -0.05) is 24.3 Å². The Morgan fingerprint density at radius 2 is 2.00 bits per heavy atom. The third kappa shape index (κ3) is 4.10. The second-order valence-electron chi connectivity index (χ2n) is 3.32. The predicted octanol–water partition coefficient (Wildman–Crippen LogP) is 2.55. The Morgan fingerprint density at radius 3 is 2.50 bits per heavy atom. The summed E-state index contributed by atoms with van der Waals surface area (Å²) in [4.78, 5) is 23.4. The molecular weight excluding hydrogens is 258 g/mol. The predicted molar refractivity (Wildman–Crippen MR) is 68.0 cm³/mol. The number of ether oxygens (including phenoxy) is 1. The fraction of sp³-hybridized carbons (Fsp3) is 0.167. The van der Waals surface area contributed by atoms with E-state index in [0.29, 0.717) is 10.7 Å². The fourth-order valence-electron chi connectivity index (χ4n) is 1.23. The SMILES string of the molecule is C=CCOC(=O)N(CC(=O)O)c1ccc(Cl)cc1. The molecule has 6 heteroatoms. The lowest BCUT2D eigenvalue weighted by molar-refractivity contribution is -0.135. The van der Waals surface area contributed by atoms with Crippen molar-refractivity contribution in [2.24, 2.45) is 0 Å². The standard InChI is InChI=1S/C12H12ClNO4/c1-2-7-18-12(17)14(8-11(15)16)10-5-3-9(13)4-6-10/h2-6H,1,7-8H2,(H,15,16). The quantitative estimate of drug-likeness (QED) is 0.834. The van der Waals surface area contributed by atoms with Crippen molar-refractivity contribution in [2.75, 3.05) is 18.1 Å². The molecule has 0 bridgehead atoms. The van der Waals surface area contributed by atoms with E-state index < -0.39 is 18.6 Å². The molecule has 0 radical (unpaired) electrons. The van der Waals surface area contributed by atoms with Crippen LogP contribution in [0, 0.1) is 0 Å². The summed E-state index contributed by atoms with van der Waals surface area (Å²) < 4.78 is 4.81. The van der Waals surface area contributed by atoms with Gasteiger partial charge in [-0.3, -0.25) is 9.69 Å². The molecular formula is C12H12ClNO4. The summed E-state index contributed by atoms with van der Waals surface area (Å²) in [6.45, 7) is 2.94. The van der Waals surface area contributed by atoms with E-state index in [1.807, 2.05) is 0 Å². The Morgan fingerprint density at radius 1 is 1.39 bits per heavy atom. The highest BCUT2D eigenvalue weighted by atomic mass is 35.5. The summed E-state index contributed by atoms with van der Waals surface area (Å²) in [5.41, 5.74) is 0.399. The molecule has 1 aromatic carbocycles. The number of rotatable bonds is 5. The molecule has 0 saturated carbocycles. The molecule has 18 heavy (non-hydrogen) atoms. The Hall–Kier alpha value is -2.01. The lowest BCUT2D eigenvalue weighted by Crippen LogP contribution is -2.36. The van der Waals surface area contributed by atoms with E-state index in [4.69, 9.17) is 21.4 Å². The van der Waals surface area contributed by atoms with Crippen LogP contribution in [0.25, 0.3) is 0 Å². The second kappa shape index (κ2) is 6.66. The van der Waals surface area contributed by atoms with Gasteiger partial charge in [0.25, 0.3) is 0 Å². The number of aliphatic carboxylic acids is 1. The zero-order valence-electron chi connectivity index (χ0n) is 9.51. The van der Waals surface area contributed by atoms with Gasteiger partial charge in [0.15, 0.2) is 0 Å². The number of carboxylic acid groups (broad SMARTS) is 1.